The summed E-state index contributed by atoms with van der Waals surface area (Å²) in [5.74, 6) is -1.44. The van der Waals surface area contributed by atoms with Gasteiger partial charge in [0.15, 0.2) is 0 Å². The molecule has 2 heterocycles. The van der Waals surface area contributed by atoms with Gasteiger partial charge in [0, 0.05) is 36.2 Å². The molecule has 3 rings (SSSR count). The van der Waals surface area contributed by atoms with E-state index >= 15 is 0 Å². The lowest BCUT2D eigenvalue weighted by Gasteiger charge is -2.23. The minimum absolute atomic E-state index is 0.0524. The van der Waals surface area contributed by atoms with Gasteiger partial charge >= 0.3 is 5.97 Å². The molecule has 1 aromatic carbocycles. The van der Waals surface area contributed by atoms with Crippen molar-refractivity contribution in [3.8, 4) is 0 Å². The van der Waals surface area contributed by atoms with Crippen LogP contribution in [-0.2, 0) is 4.79 Å². The van der Waals surface area contributed by atoms with Gasteiger partial charge in [-0.3, -0.25) is 19.4 Å². The Hall–Kier alpha value is -3.22. The van der Waals surface area contributed by atoms with Crippen LogP contribution in [0, 0.1) is 0 Å². The van der Waals surface area contributed by atoms with Gasteiger partial charge in [0.25, 0.3) is 11.8 Å². The van der Waals surface area contributed by atoms with Gasteiger partial charge in [0.2, 0.25) is 0 Å². The number of nitrogens with one attached hydrogen (secondary N) is 1. The van der Waals surface area contributed by atoms with Crippen molar-refractivity contribution in [2.75, 3.05) is 11.9 Å². The molecule has 2 N–H and O–H groups in total. The molecule has 1 aromatic heterocycles. The number of carboxylic acids is 1. The number of amides is 2. The molecule has 0 bridgehead atoms. The topological polar surface area (TPSA) is 99.6 Å². The first-order valence-corrected chi connectivity index (χ1v) is 8.39. The second kappa shape index (κ2) is 7.77. The SMILES string of the molecule is O=C(O)CC1CCCN1C(=O)c1cccc(NC(=O)c2cccnc2)c1. The highest BCUT2D eigenvalue weighted by atomic mass is 16.4. The Morgan fingerprint density at radius 2 is 2.00 bits per heavy atom. The molecule has 1 aliphatic rings. The summed E-state index contributed by atoms with van der Waals surface area (Å²) in [5.41, 5.74) is 1.34. The second-order valence-electron chi connectivity index (χ2n) is 6.17. The lowest BCUT2D eigenvalue weighted by Crippen LogP contribution is -2.36. The van der Waals surface area contributed by atoms with Crippen LogP contribution in [0.5, 0.6) is 0 Å². The Morgan fingerprint density at radius 3 is 2.73 bits per heavy atom. The number of carbonyl (C=O) groups excluding carboxylic acids is 2. The number of aromatic nitrogens is 1. The molecule has 7 nitrogen and oxygen atoms in total. The molecule has 0 aliphatic carbocycles. The fraction of sp³-hybridized carbons (Fsp3) is 0.263. The number of carbonyl (C=O) groups is 3. The van der Waals surface area contributed by atoms with E-state index in [1.807, 2.05) is 0 Å². The Kier molecular flexibility index (Phi) is 5.26. The number of benzene rings is 1. The molecule has 26 heavy (non-hydrogen) atoms. The van der Waals surface area contributed by atoms with Gasteiger partial charge in [-0.15, -0.1) is 0 Å². The second-order valence-corrected chi connectivity index (χ2v) is 6.17. The molecule has 2 aromatic rings. The lowest BCUT2D eigenvalue weighted by atomic mass is 10.1. The smallest absolute Gasteiger partial charge is 0.305 e. The van der Waals surface area contributed by atoms with Crippen molar-refractivity contribution in [3.05, 3.63) is 59.9 Å². The van der Waals surface area contributed by atoms with Crippen LogP contribution < -0.4 is 5.32 Å². The lowest BCUT2D eigenvalue weighted by molar-refractivity contribution is -0.137. The number of hydrogen-bond donors (Lipinski definition) is 2. The van der Waals surface area contributed by atoms with Gasteiger partial charge in [-0.05, 0) is 43.2 Å². The summed E-state index contributed by atoms with van der Waals surface area (Å²) < 4.78 is 0. The van der Waals surface area contributed by atoms with E-state index in [1.54, 1.807) is 47.5 Å². The molecular weight excluding hydrogens is 334 g/mol. The first-order chi connectivity index (χ1) is 12.5. The molecule has 0 radical (unpaired) electrons. The summed E-state index contributed by atoms with van der Waals surface area (Å²) in [6.07, 6.45) is 4.48. The highest BCUT2D eigenvalue weighted by Crippen LogP contribution is 2.23. The minimum Gasteiger partial charge on any atom is -0.481 e. The molecule has 134 valence electrons. The molecule has 0 spiro atoms. The molecule has 1 saturated heterocycles. The summed E-state index contributed by atoms with van der Waals surface area (Å²) in [6, 6.07) is 9.69. The minimum atomic E-state index is -0.910. The van der Waals surface area contributed by atoms with Crippen LogP contribution in [0.25, 0.3) is 0 Å². The van der Waals surface area contributed by atoms with Crippen LogP contribution in [0.4, 0.5) is 5.69 Å². The fourth-order valence-electron chi connectivity index (χ4n) is 3.11. The van der Waals surface area contributed by atoms with Crippen molar-refractivity contribution in [2.24, 2.45) is 0 Å². The van der Waals surface area contributed by atoms with E-state index in [4.69, 9.17) is 5.11 Å². The van der Waals surface area contributed by atoms with Gasteiger partial charge in [0.05, 0.1) is 12.0 Å². The standard InChI is InChI=1S/C19H19N3O4/c23-17(24)11-16-7-3-9-22(16)19(26)13-4-1-6-15(10-13)21-18(25)14-5-2-8-20-12-14/h1-2,4-6,8,10,12,16H,3,7,9,11H2,(H,21,25)(H,23,24). The highest BCUT2D eigenvalue weighted by molar-refractivity contribution is 6.05. The average molecular weight is 353 g/mol. The summed E-state index contributed by atoms with van der Waals surface area (Å²) >= 11 is 0. The Bertz CT molecular complexity index is 823. The molecule has 1 unspecified atom stereocenters. The number of pyridine rings is 1. The number of nitrogens with zero attached hydrogens (tertiary/aromatic N) is 2. The van der Waals surface area contributed by atoms with Gasteiger partial charge in [-0.2, -0.15) is 0 Å². The summed E-state index contributed by atoms with van der Waals surface area (Å²) in [4.78, 5) is 41.5. The normalized spacial score (nSPS) is 16.3. The maximum absolute atomic E-state index is 12.8. The van der Waals surface area contributed by atoms with E-state index in [1.165, 1.54) is 6.20 Å². The maximum Gasteiger partial charge on any atom is 0.305 e. The third-order valence-corrected chi connectivity index (χ3v) is 4.34. The van der Waals surface area contributed by atoms with Gasteiger partial charge in [0.1, 0.15) is 0 Å². The van der Waals surface area contributed by atoms with E-state index in [0.29, 0.717) is 29.8 Å². The Balaban J connectivity index is 1.73. The van der Waals surface area contributed by atoms with Crippen LogP contribution in [0.15, 0.2) is 48.8 Å². The van der Waals surface area contributed by atoms with Gasteiger partial charge in [-0.25, -0.2) is 0 Å². The zero-order valence-corrected chi connectivity index (χ0v) is 14.1. The zero-order chi connectivity index (χ0) is 18.5. The number of rotatable bonds is 5. The van der Waals surface area contributed by atoms with E-state index in [0.717, 1.165) is 6.42 Å². The average Bonchev–Trinajstić information content (AvgIpc) is 3.09. The van der Waals surface area contributed by atoms with E-state index in [-0.39, 0.29) is 24.3 Å². The molecule has 1 fully saturated rings. The monoisotopic (exact) mass is 353 g/mol. The predicted molar refractivity (Wildman–Crippen MR) is 94.9 cm³/mol. The van der Waals surface area contributed by atoms with Crippen molar-refractivity contribution < 1.29 is 19.5 Å². The number of likely N-dealkylation sites (tertiary alicyclic amines) is 1. The highest BCUT2D eigenvalue weighted by Gasteiger charge is 2.31. The third-order valence-electron chi connectivity index (χ3n) is 4.34. The van der Waals surface area contributed by atoms with Gasteiger partial charge in [-0.1, -0.05) is 6.07 Å². The summed E-state index contributed by atoms with van der Waals surface area (Å²) in [6.45, 7) is 0.545. The number of carboxylic acid groups (broad SMARTS) is 1. The Morgan fingerprint density at radius 1 is 1.19 bits per heavy atom. The van der Waals surface area contributed by atoms with Crippen molar-refractivity contribution in [2.45, 2.75) is 25.3 Å². The van der Waals surface area contributed by atoms with Crippen LogP contribution >= 0.6 is 0 Å². The molecule has 1 aliphatic heterocycles. The predicted octanol–water partition coefficient (Wildman–Crippen LogP) is 2.41. The first kappa shape index (κ1) is 17.6. The van der Waals surface area contributed by atoms with Crippen molar-refractivity contribution in [1.29, 1.82) is 0 Å². The van der Waals surface area contributed by atoms with E-state index < -0.39 is 5.97 Å². The van der Waals surface area contributed by atoms with E-state index in [2.05, 4.69) is 10.3 Å². The van der Waals surface area contributed by atoms with Crippen LogP contribution in [0.3, 0.4) is 0 Å². The molecule has 7 heteroatoms. The zero-order valence-electron chi connectivity index (χ0n) is 14.1. The first-order valence-electron chi connectivity index (χ1n) is 8.39. The number of aliphatic carboxylic acids is 1. The largest absolute Gasteiger partial charge is 0.481 e. The molecule has 2 amide bonds. The Labute approximate surface area is 150 Å². The van der Waals surface area contributed by atoms with Crippen molar-refractivity contribution in [1.82, 2.24) is 9.88 Å². The van der Waals surface area contributed by atoms with Crippen LogP contribution in [-0.4, -0.2) is 45.4 Å². The maximum atomic E-state index is 12.8. The third kappa shape index (κ3) is 4.05. The molecule has 0 saturated carbocycles. The number of anilines is 1. The van der Waals surface area contributed by atoms with Crippen LogP contribution in [0.1, 0.15) is 40.0 Å². The van der Waals surface area contributed by atoms with Crippen LogP contribution in [0.2, 0.25) is 0 Å². The number of hydrogen-bond acceptors (Lipinski definition) is 4. The van der Waals surface area contributed by atoms with Crippen molar-refractivity contribution >= 4 is 23.5 Å². The van der Waals surface area contributed by atoms with Gasteiger partial charge < -0.3 is 15.3 Å². The summed E-state index contributed by atoms with van der Waals surface area (Å²) in [5, 5.41) is 11.7. The quantitative estimate of drug-likeness (QED) is 0.860. The molecule has 1 atom stereocenters. The van der Waals surface area contributed by atoms with Crippen molar-refractivity contribution in [3.63, 3.8) is 0 Å². The fourth-order valence-corrected chi connectivity index (χ4v) is 3.11. The van der Waals surface area contributed by atoms with E-state index in [9.17, 15) is 14.4 Å². The summed E-state index contributed by atoms with van der Waals surface area (Å²) in [7, 11) is 0. The molecular formula is C19H19N3O4.